The summed E-state index contributed by atoms with van der Waals surface area (Å²) in [4.78, 5) is 27.5. The molecule has 0 bridgehead atoms. The van der Waals surface area contributed by atoms with Crippen molar-refractivity contribution in [1.82, 2.24) is 4.90 Å². The molecule has 0 radical (unpaired) electrons. The van der Waals surface area contributed by atoms with Gasteiger partial charge in [0.05, 0.1) is 11.8 Å². The highest BCUT2D eigenvalue weighted by molar-refractivity contribution is 5.83. The number of amides is 2. The number of likely N-dealkylation sites (tertiary alicyclic amines) is 1. The second-order valence-corrected chi connectivity index (χ2v) is 9.34. The second kappa shape index (κ2) is 9.62. The zero-order valence-electron chi connectivity index (χ0n) is 19.5. The minimum atomic E-state index is -0.639. The molecule has 4 heteroatoms. The molecule has 1 heterocycles. The van der Waals surface area contributed by atoms with Crippen LogP contribution in [0.2, 0.25) is 0 Å². The van der Waals surface area contributed by atoms with E-state index in [-0.39, 0.29) is 11.8 Å². The first kappa shape index (κ1) is 22.8. The van der Waals surface area contributed by atoms with Crippen LogP contribution in [-0.2, 0) is 22.4 Å². The lowest BCUT2D eigenvalue weighted by molar-refractivity contribution is -0.138. The van der Waals surface area contributed by atoms with Crippen molar-refractivity contribution in [3.63, 3.8) is 0 Å². The molecular formula is C29H32N2O2. The largest absolute Gasteiger partial charge is 0.369 e. The quantitative estimate of drug-likeness (QED) is 0.596. The highest BCUT2D eigenvalue weighted by atomic mass is 16.2. The molecule has 1 fully saturated rings. The van der Waals surface area contributed by atoms with Gasteiger partial charge in [-0.25, -0.2) is 0 Å². The summed E-state index contributed by atoms with van der Waals surface area (Å²) >= 11 is 0. The fourth-order valence-electron chi connectivity index (χ4n) is 4.86. The van der Waals surface area contributed by atoms with Crippen molar-refractivity contribution in [2.24, 2.45) is 11.1 Å². The van der Waals surface area contributed by atoms with Gasteiger partial charge in [0, 0.05) is 13.1 Å². The molecule has 1 aliphatic heterocycles. The van der Waals surface area contributed by atoms with Crippen molar-refractivity contribution in [2.45, 2.75) is 39.5 Å². The van der Waals surface area contributed by atoms with E-state index in [9.17, 15) is 9.59 Å². The van der Waals surface area contributed by atoms with Crippen LogP contribution in [0.3, 0.4) is 0 Å². The van der Waals surface area contributed by atoms with Gasteiger partial charge in [-0.2, -0.15) is 0 Å². The Bertz CT molecular complexity index is 1140. The maximum Gasteiger partial charge on any atom is 0.226 e. The molecule has 2 N–H and O–H groups in total. The van der Waals surface area contributed by atoms with Crippen molar-refractivity contribution in [2.75, 3.05) is 13.1 Å². The Labute approximate surface area is 196 Å². The molecular weight excluding hydrogens is 408 g/mol. The van der Waals surface area contributed by atoms with Crippen LogP contribution in [0.1, 0.15) is 35.1 Å². The summed E-state index contributed by atoms with van der Waals surface area (Å²) in [6.45, 7) is 5.26. The molecule has 0 aliphatic carbocycles. The lowest BCUT2D eigenvalue weighted by Gasteiger charge is -2.40. The fourth-order valence-corrected chi connectivity index (χ4v) is 4.86. The predicted molar refractivity (Wildman–Crippen MR) is 133 cm³/mol. The van der Waals surface area contributed by atoms with Crippen LogP contribution >= 0.6 is 0 Å². The number of primary amides is 1. The van der Waals surface area contributed by atoms with Crippen molar-refractivity contribution in [1.29, 1.82) is 0 Å². The lowest BCUT2D eigenvalue weighted by atomic mass is 9.72. The Morgan fingerprint density at radius 2 is 1.45 bits per heavy atom. The third kappa shape index (κ3) is 5.00. The number of carbonyl (C=O) groups is 2. The van der Waals surface area contributed by atoms with E-state index in [0.717, 1.165) is 16.7 Å². The van der Waals surface area contributed by atoms with E-state index in [1.165, 1.54) is 16.7 Å². The molecule has 0 spiro atoms. The maximum atomic E-state index is 12.9. The third-order valence-corrected chi connectivity index (χ3v) is 7.05. The summed E-state index contributed by atoms with van der Waals surface area (Å²) in [5.41, 5.74) is 12.2. The van der Waals surface area contributed by atoms with Crippen LogP contribution in [0.25, 0.3) is 11.1 Å². The van der Waals surface area contributed by atoms with Crippen LogP contribution in [0, 0.1) is 19.3 Å². The van der Waals surface area contributed by atoms with E-state index in [2.05, 4.69) is 31.2 Å². The predicted octanol–water partition coefficient (Wildman–Crippen LogP) is 4.85. The standard InChI is InChI=1S/C29H32N2O2/c1-21-11-13-23(14-12-21)19-27(32)31-17-15-29(16-18-31,28(30)33)20-24-8-4-6-10-26(24)25-9-5-3-7-22(25)2/h3-14H,15-20H2,1-2H3,(H2,30,33). The van der Waals surface area contributed by atoms with Gasteiger partial charge in [-0.05, 0) is 60.9 Å². The molecule has 1 saturated heterocycles. The van der Waals surface area contributed by atoms with E-state index < -0.39 is 5.41 Å². The first-order chi connectivity index (χ1) is 15.9. The Balaban J connectivity index is 1.50. The zero-order chi connectivity index (χ0) is 23.4. The highest BCUT2D eigenvalue weighted by Gasteiger charge is 2.41. The van der Waals surface area contributed by atoms with Gasteiger partial charge < -0.3 is 10.6 Å². The van der Waals surface area contributed by atoms with E-state index in [1.807, 2.05) is 60.4 Å². The van der Waals surface area contributed by atoms with E-state index in [4.69, 9.17) is 5.73 Å². The van der Waals surface area contributed by atoms with Gasteiger partial charge in [0.1, 0.15) is 0 Å². The van der Waals surface area contributed by atoms with Crippen LogP contribution in [0.4, 0.5) is 0 Å². The van der Waals surface area contributed by atoms with Gasteiger partial charge in [0.25, 0.3) is 0 Å². The van der Waals surface area contributed by atoms with E-state index in [1.54, 1.807) is 0 Å². The highest BCUT2D eigenvalue weighted by Crippen LogP contribution is 2.38. The molecule has 1 aliphatic rings. The number of piperidine rings is 1. The number of aryl methyl sites for hydroxylation is 2. The molecule has 0 unspecified atom stereocenters. The number of rotatable bonds is 6. The van der Waals surface area contributed by atoms with Crippen LogP contribution in [0.5, 0.6) is 0 Å². The van der Waals surface area contributed by atoms with Crippen molar-refractivity contribution >= 4 is 11.8 Å². The average molecular weight is 441 g/mol. The zero-order valence-corrected chi connectivity index (χ0v) is 19.5. The van der Waals surface area contributed by atoms with Gasteiger partial charge in [0.15, 0.2) is 0 Å². The maximum absolute atomic E-state index is 12.9. The van der Waals surface area contributed by atoms with E-state index in [0.29, 0.717) is 38.8 Å². The normalized spacial score (nSPS) is 15.3. The molecule has 0 atom stereocenters. The smallest absolute Gasteiger partial charge is 0.226 e. The van der Waals surface area contributed by atoms with Crippen LogP contribution in [-0.4, -0.2) is 29.8 Å². The molecule has 4 rings (SSSR count). The monoisotopic (exact) mass is 440 g/mol. The average Bonchev–Trinajstić information content (AvgIpc) is 2.82. The first-order valence-corrected chi connectivity index (χ1v) is 11.7. The molecule has 0 saturated carbocycles. The Kier molecular flexibility index (Phi) is 6.64. The lowest BCUT2D eigenvalue weighted by Crippen LogP contribution is -2.50. The second-order valence-electron chi connectivity index (χ2n) is 9.34. The number of carbonyl (C=O) groups excluding carboxylic acids is 2. The molecule has 0 aromatic heterocycles. The molecule has 3 aromatic carbocycles. The number of nitrogens with zero attached hydrogens (tertiary/aromatic N) is 1. The number of hydrogen-bond acceptors (Lipinski definition) is 2. The summed E-state index contributed by atoms with van der Waals surface area (Å²) in [5, 5.41) is 0. The van der Waals surface area contributed by atoms with Crippen LogP contribution < -0.4 is 5.73 Å². The molecule has 2 amide bonds. The Hall–Kier alpha value is -3.40. The van der Waals surface area contributed by atoms with Crippen molar-refractivity contribution < 1.29 is 9.59 Å². The van der Waals surface area contributed by atoms with Gasteiger partial charge in [-0.3, -0.25) is 9.59 Å². The molecule has 4 nitrogen and oxygen atoms in total. The third-order valence-electron chi connectivity index (χ3n) is 7.05. The molecule has 170 valence electrons. The summed E-state index contributed by atoms with van der Waals surface area (Å²) < 4.78 is 0. The fraction of sp³-hybridized carbons (Fsp3) is 0.310. The minimum absolute atomic E-state index is 0.109. The first-order valence-electron chi connectivity index (χ1n) is 11.7. The SMILES string of the molecule is Cc1ccc(CC(=O)N2CCC(Cc3ccccc3-c3ccccc3C)(C(N)=O)CC2)cc1. The Morgan fingerprint density at radius 3 is 2.09 bits per heavy atom. The van der Waals surface area contributed by atoms with Gasteiger partial charge in [-0.15, -0.1) is 0 Å². The Morgan fingerprint density at radius 1 is 0.848 bits per heavy atom. The van der Waals surface area contributed by atoms with Crippen LogP contribution in [0.15, 0.2) is 72.8 Å². The van der Waals surface area contributed by atoms with Crippen molar-refractivity contribution in [3.05, 3.63) is 95.1 Å². The van der Waals surface area contributed by atoms with Gasteiger partial charge in [0.2, 0.25) is 11.8 Å². The molecule has 3 aromatic rings. The van der Waals surface area contributed by atoms with Gasteiger partial charge >= 0.3 is 0 Å². The number of benzene rings is 3. The number of nitrogens with two attached hydrogens (primary N) is 1. The van der Waals surface area contributed by atoms with E-state index >= 15 is 0 Å². The van der Waals surface area contributed by atoms with Gasteiger partial charge in [-0.1, -0.05) is 78.4 Å². The van der Waals surface area contributed by atoms with Crippen molar-refractivity contribution in [3.8, 4) is 11.1 Å². The summed E-state index contributed by atoms with van der Waals surface area (Å²) in [5.74, 6) is -0.162. The summed E-state index contributed by atoms with van der Waals surface area (Å²) in [6.07, 6.45) is 2.15. The topological polar surface area (TPSA) is 63.4 Å². The summed E-state index contributed by atoms with van der Waals surface area (Å²) in [6, 6.07) is 24.7. The number of hydrogen-bond donors (Lipinski definition) is 1. The minimum Gasteiger partial charge on any atom is -0.369 e. The molecule has 33 heavy (non-hydrogen) atoms. The summed E-state index contributed by atoms with van der Waals surface area (Å²) in [7, 11) is 0.